The predicted octanol–water partition coefficient (Wildman–Crippen LogP) is 3.37. The van der Waals surface area contributed by atoms with Crippen molar-refractivity contribution in [2.24, 2.45) is 0 Å². The molecule has 0 amide bonds. The average Bonchev–Trinajstić information content (AvgIpc) is 2.38. The van der Waals surface area contributed by atoms with Crippen LogP contribution in [0.15, 0.2) is 54.6 Å². The lowest BCUT2D eigenvalue weighted by Gasteiger charge is -2.09. The summed E-state index contributed by atoms with van der Waals surface area (Å²) >= 11 is 0. The molecule has 16 heavy (non-hydrogen) atoms. The topological polar surface area (TPSA) is 9.23 Å². The lowest BCUT2D eigenvalue weighted by molar-refractivity contribution is 0.372. The van der Waals surface area contributed by atoms with Gasteiger partial charge in [-0.2, -0.15) is 0 Å². The fourth-order valence-electron chi connectivity index (χ4n) is 1.57. The Kier molecular flexibility index (Phi) is 3.25. The molecule has 0 aliphatic heterocycles. The fourth-order valence-corrected chi connectivity index (χ4v) is 1.57. The first-order valence-electron chi connectivity index (χ1n) is 5.12. The molecule has 1 nitrogen and oxygen atoms in total. The number of terminal acetylenes is 1. The van der Waals surface area contributed by atoms with E-state index in [1.54, 1.807) is 0 Å². The van der Waals surface area contributed by atoms with E-state index in [-0.39, 0.29) is 0 Å². The normalized spacial score (nSPS) is 9.44. The number of ether oxygens (including phenoxy) is 1. The molecule has 0 aliphatic rings. The van der Waals surface area contributed by atoms with E-state index in [2.05, 4.69) is 18.1 Å². The SMILES string of the molecule is C#CCOc1ccccc1-c1ccccc1. The van der Waals surface area contributed by atoms with Crippen molar-refractivity contribution in [3.05, 3.63) is 54.6 Å². The molecule has 2 aromatic rings. The quantitative estimate of drug-likeness (QED) is 0.703. The van der Waals surface area contributed by atoms with Gasteiger partial charge in [0.2, 0.25) is 0 Å². The zero-order valence-corrected chi connectivity index (χ0v) is 8.89. The van der Waals surface area contributed by atoms with Crippen LogP contribution in [-0.2, 0) is 0 Å². The summed E-state index contributed by atoms with van der Waals surface area (Å²) < 4.78 is 5.50. The predicted molar refractivity (Wildman–Crippen MR) is 66.2 cm³/mol. The number of hydrogen-bond acceptors (Lipinski definition) is 1. The second kappa shape index (κ2) is 5.04. The van der Waals surface area contributed by atoms with E-state index in [9.17, 15) is 0 Å². The van der Waals surface area contributed by atoms with E-state index in [0.29, 0.717) is 6.61 Å². The highest BCUT2D eigenvalue weighted by Crippen LogP contribution is 2.29. The summed E-state index contributed by atoms with van der Waals surface area (Å²) in [6, 6.07) is 18.0. The van der Waals surface area contributed by atoms with Gasteiger partial charge in [-0.1, -0.05) is 54.5 Å². The van der Waals surface area contributed by atoms with Crippen molar-refractivity contribution in [3.63, 3.8) is 0 Å². The molecule has 0 unspecified atom stereocenters. The van der Waals surface area contributed by atoms with Crippen LogP contribution in [0.1, 0.15) is 0 Å². The van der Waals surface area contributed by atoms with Gasteiger partial charge >= 0.3 is 0 Å². The molecule has 0 aliphatic carbocycles. The van der Waals surface area contributed by atoms with Crippen molar-refractivity contribution in [1.29, 1.82) is 0 Å². The molecule has 0 heterocycles. The van der Waals surface area contributed by atoms with Crippen LogP contribution in [0.5, 0.6) is 5.75 Å². The maximum Gasteiger partial charge on any atom is 0.148 e. The van der Waals surface area contributed by atoms with Crippen molar-refractivity contribution in [2.75, 3.05) is 6.61 Å². The Hall–Kier alpha value is -2.20. The molecular weight excluding hydrogens is 196 g/mol. The number of para-hydroxylation sites is 1. The molecular formula is C15H12O. The molecule has 0 radical (unpaired) electrons. The summed E-state index contributed by atoms with van der Waals surface area (Å²) in [5.41, 5.74) is 2.20. The van der Waals surface area contributed by atoms with Crippen molar-refractivity contribution < 1.29 is 4.74 Å². The third-order valence-corrected chi connectivity index (χ3v) is 2.28. The Bertz CT molecular complexity index is 494. The molecule has 2 rings (SSSR count). The Morgan fingerprint density at radius 2 is 1.62 bits per heavy atom. The van der Waals surface area contributed by atoms with Crippen molar-refractivity contribution in [1.82, 2.24) is 0 Å². The van der Waals surface area contributed by atoms with E-state index in [4.69, 9.17) is 11.2 Å². The molecule has 1 heteroatoms. The van der Waals surface area contributed by atoms with Gasteiger partial charge in [-0.3, -0.25) is 0 Å². The number of rotatable bonds is 3. The summed E-state index contributed by atoms with van der Waals surface area (Å²) in [6.07, 6.45) is 5.19. The Morgan fingerprint density at radius 1 is 0.938 bits per heavy atom. The molecule has 0 bridgehead atoms. The molecule has 0 N–H and O–H groups in total. The largest absolute Gasteiger partial charge is 0.480 e. The molecule has 0 aromatic heterocycles. The maximum absolute atomic E-state index is 5.50. The molecule has 0 atom stereocenters. The molecule has 78 valence electrons. The second-order valence-electron chi connectivity index (χ2n) is 3.35. The molecule has 0 saturated heterocycles. The monoisotopic (exact) mass is 208 g/mol. The van der Waals surface area contributed by atoms with Crippen LogP contribution >= 0.6 is 0 Å². The highest BCUT2D eigenvalue weighted by molar-refractivity contribution is 5.70. The van der Waals surface area contributed by atoms with Gasteiger partial charge in [0.1, 0.15) is 12.4 Å². The first-order chi connectivity index (χ1) is 7.92. The third kappa shape index (κ3) is 2.24. The highest BCUT2D eigenvalue weighted by Gasteiger charge is 2.03. The summed E-state index contributed by atoms with van der Waals surface area (Å²) in [5, 5.41) is 0. The van der Waals surface area contributed by atoms with E-state index >= 15 is 0 Å². The third-order valence-electron chi connectivity index (χ3n) is 2.28. The summed E-state index contributed by atoms with van der Waals surface area (Å²) in [4.78, 5) is 0. The first kappa shape index (κ1) is 10.3. The van der Waals surface area contributed by atoms with Gasteiger partial charge in [-0.15, -0.1) is 6.42 Å². The maximum atomic E-state index is 5.50. The Labute approximate surface area is 95.7 Å². The van der Waals surface area contributed by atoms with Crippen LogP contribution in [0.3, 0.4) is 0 Å². The van der Waals surface area contributed by atoms with Crippen LogP contribution < -0.4 is 4.74 Å². The summed E-state index contributed by atoms with van der Waals surface area (Å²) in [7, 11) is 0. The Morgan fingerprint density at radius 3 is 2.38 bits per heavy atom. The van der Waals surface area contributed by atoms with E-state index < -0.39 is 0 Å². The summed E-state index contributed by atoms with van der Waals surface area (Å²) in [6.45, 7) is 0.295. The van der Waals surface area contributed by atoms with E-state index in [1.165, 1.54) is 0 Å². The minimum Gasteiger partial charge on any atom is -0.480 e. The smallest absolute Gasteiger partial charge is 0.148 e. The highest BCUT2D eigenvalue weighted by atomic mass is 16.5. The van der Waals surface area contributed by atoms with Gasteiger partial charge in [-0.25, -0.2) is 0 Å². The van der Waals surface area contributed by atoms with Crippen molar-refractivity contribution >= 4 is 0 Å². The molecule has 0 spiro atoms. The van der Waals surface area contributed by atoms with Crippen LogP contribution in [0.2, 0.25) is 0 Å². The van der Waals surface area contributed by atoms with Gasteiger partial charge in [0.15, 0.2) is 0 Å². The van der Waals surface area contributed by atoms with Gasteiger partial charge < -0.3 is 4.74 Å². The van der Waals surface area contributed by atoms with Crippen molar-refractivity contribution in [2.45, 2.75) is 0 Å². The van der Waals surface area contributed by atoms with Gasteiger partial charge in [-0.05, 0) is 11.6 Å². The first-order valence-corrected chi connectivity index (χ1v) is 5.12. The zero-order valence-electron chi connectivity index (χ0n) is 8.89. The lowest BCUT2D eigenvalue weighted by atomic mass is 10.1. The standard InChI is InChI=1S/C15H12O/c1-2-12-16-15-11-7-6-10-14(15)13-8-4-3-5-9-13/h1,3-11H,12H2. The lowest BCUT2D eigenvalue weighted by Crippen LogP contribution is -1.95. The number of hydrogen-bond donors (Lipinski definition) is 0. The molecule has 0 fully saturated rings. The molecule has 0 saturated carbocycles. The summed E-state index contributed by atoms with van der Waals surface area (Å²) in [5.74, 6) is 3.30. The van der Waals surface area contributed by atoms with E-state index in [0.717, 1.165) is 16.9 Å². The second-order valence-corrected chi connectivity index (χ2v) is 3.35. The fraction of sp³-hybridized carbons (Fsp3) is 0.0667. The van der Waals surface area contributed by atoms with Crippen LogP contribution in [-0.4, -0.2) is 6.61 Å². The van der Waals surface area contributed by atoms with Gasteiger partial charge in [0.05, 0.1) is 0 Å². The molecule has 2 aromatic carbocycles. The van der Waals surface area contributed by atoms with Gasteiger partial charge in [0, 0.05) is 5.56 Å². The Balaban J connectivity index is 2.38. The van der Waals surface area contributed by atoms with Gasteiger partial charge in [0.25, 0.3) is 0 Å². The minimum atomic E-state index is 0.295. The van der Waals surface area contributed by atoms with Crippen LogP contribution in [0.25, 0.3) is 11.1 Å². The average molecular weight is 208 g/mol. The number of benzene rings is 2. The minimum absolute atomic E-state index is 0.295. The van der Waals surface area contributed by atoms with Crippen LogP contribution in [0, 0.1) is 12.3 Å². The van der Waals surface area contributed by atoms with E-state index in [1.807, 2.05) is 42.5 Å². The van der Waals surface area contributed by atoms with Crippen molar-refractivity contribution in [3.8, 4) is 29.2 Å². The zero-order chi connectivity index (χ0) is 11.2. The van der Waals surface area contributed by atoms with Crippen LogP contribution in [0.4, 0.5) is 0 Å².